The molecule has 3 heteroatoms. The monoisotopic (exact) mass is 249 g/mol. The summed E-state index contributed by atoms with van der Waals surface area (Å²) in [6, 6.07) is 7.39. The summed E-state index contributed by atoms with van der Waals surface area (Å²) in [5.74, 6) is -0.169. The summed E-state index contributed by atoms with van der Waals surface area (Å²) in [6.45, 7) is 8.72. The molecule has 2 rings (SSSR count). The highest BCUT2D eigenvalue weighted by Gasteiger charge is 2.14. The SMILES string of the molecule is CC(C)OCc1cc2c(F)cccc2n1C(C)C. The first-order valence-corrected chi connectivity index (χ1v) is 6.40. The lowest BCUT2D eigenvalue weighted by atomic mass is 10.2. The number of aromatic nitrogens is 1. The number of hydrogen-bond donors (Lipinski definition) is 0. The van der Waals surface area contributed by atoms with Gasteiger partial charge in [-0.3, -0.25) is 0 Å². The van der Waals surface area contributed by atoms with Crippen LogP contribution in [0.5, 0.6) is 0 Å². The van der Waals surface area contributed by atoms with Crippen molar-refractivity contribution in [3.63, 3.8) is 0 Å². The summed E-state index contributed by atoms with van der Waals surface area (Å²) in [5, 5.41) is 0.675. The minimum absolute atomic E-state index is 0.169. The number of nitrogens with zero attached hydrogens (tertiary/aromatic N) is 1. The molecule has 18 heavy (non-hydrogen) atoms. The van der Waals surface area contributed by atoms with Crippen LogP contribution < -0.4 is 0 Å². The van der Waals surface area contributed by atoms with Crippen LogP contribution in [0, 0.1) is 5.82 Å². The molecule has 0 amide bonds. The van der Waals surface area contributed by atoms with Crippen LogP contribution in [0.3, 0.4) is 0 Å². The maximum Gasteiger partial charge on any atom is 0.132 e. The second-order valence-electron chi connectivity index (χ2n) is 5.13. The highest BCUT2D eigenvalue weighted by atomic mass is 19.1. The molecule has 0 bridgehead atoms. The second kappa shape index (κ2) is 5.11. The Balaban J connectivity index is 2.51. The van der Waals surface area contributed by atoms with E-state index in [-0.39, 0.29) is 18.0 Å². The van der Waals surface area contributed by atoms with Gasteiger partial charge in [0.2, 0.25) is 0 Å². The standard InChI is InChI=1S/C15H20FNO/c1-10(2)17-12(9-18-11(3)4)8-13-14(16)6-5-7-15(13)17/h5-8,10-11H,9H2,1-4H3. The van der Waals surface area contributed by atoms with E-state index in [1.807, 2.05) is 26.0 Å². The summed E-state index contributed by atoms with van der Waals surface area (Å²) < 4.78 is 21.6. The van der Waals surface area contributed by atoms with Crippen molar-refractivity contribution in [1.82, 2.24) is 4.57 Å². The first-order valence-electron chi connectivity index (χ1n) is 6.40. The summed E-state index contributed by atoms with van der Waals surface area (Å²) in [4.78, 5) is 0. The maximum atomic E-state index is 13.8. The van der Waals surface area contributed by atoms with Crippen LogP contribution in [-0.2, 0) is 11.3 Å². The lowest BCUT2D eigenvalue weighted by molar-refractivity contribution is 0.0615. The zero-order valence-corrected chi connectivity index (χ0v) is 11.4. The lowest BCUT2D eigenvalue weighted by Crippen LogP contribution is -2.09. The zero-order valence-electron chi connectivity index (χ0n) is 11.4. The Morgan fingerprint density at radius 3 is 2.56 bits per heavy atom. The first kappa shape index (κ1) is 13.1. The van der Waals surface area contributed by atoms with Gasteiger partial charge in [-0.15, -0.1) is 0 Å². The van der Waals surface area contributed by atoms with Gasteiger partial charge in [0.1, 0.15) is 5.82 Å². The molecule has 0 saturated heterocycles. The minimum atomic E-state index is -0.169. The minimum Gasteiger partial charge on any atom is -0.373 e. The van der Waals surface area contributed by atoms with Gasteiger partial charge < -0.3 is 9.30 Å². The molecule has 0 N–H and O–H groups in total. The Kier molecular flexibility index (Phi) is 3.71. The van der Waals surface area contributed by atoms with Crippen LogP contribution >= 0.6 is 0 Å². The third-order valence-corrected chi connectivity index (χ3v) is 2.99. The third-order valence-electron chi connectivity index (χ3n) is 2.99. The Morgan fingerprint density at radius 2 is 1.94 bits per heavy atom. The third kappa shape index (κ3) is 2.41. The summed E-state index contributed by atoms with van der Waals surface area (Å²) in [6.07, 6.45) is 0.175. The van der Waals surface area contributed by atoms with Crippen molar-refractivity contribution in [2.24, 2.45) is 0 Å². The summed E-state index contributed by atoms with van der Waals surface area (Å²) >= 11 is 0. The molecule has 98 valence electrons. The van der Waals surface area contributed by atoms with Crippen molar-refractivity contribution >= 4 is 10.9 Å². The zero-order chi connectivity index (χ0) is 13.3. The summed E-state index contributed by atoms with van der Waals surface area (Å²) in [7, 11) is 0. The average molecular weight is 249 g/mol. The van der Waals surface area contributed by atoms with Crippen LogP contribution in [0.15, 0.2) is 24.3 Å². The molecular weight excluding hydrogens is 229 g/mol. The Morgan fingerprint density at radius 1 is 1.22 bits per heavy atom. The number of hydrogen-bond acceptors (Lipinski definition) is 1. The van der Waals surface area contributed by atoms with E-state index in [9.17, 15) is 4.39 Å². The van der Waals surface area contributed by atoms with Gasteiger partial charge >= 0.3 is 0 Å². The number of ether oxygens (including phenoxy) is 1. The Labute approximate surface area is 107 Å². The number of rotatable bonds is 4. The second-order valence-corrected chi connectivity index (χ2v) is 5.13. The lowest BCUT2D eigenvalue weighted by Gasteiger charge is -2.15. The largest absolute Gasteiger partial charge is 0.373 e. The quantitative estimate of drug-likeness (QED) is 0.788. The van der Waals surface area contributed by atoms with Crippen LogP contribution in [0.2, 0.25) is 0 Å². The van der Waals surface area contributed by atoms with Gasteiger partial charge in [-0.2, -0.15) is 0 Å². The van der Waals surface area contributed by atoms with Gasteiger partial charge in [-0.1, -0.05) is 6.07 Å². The van der Waals surface area contributed by atoms with Gasteiger partial charge in [0.25, 0.3) is 0 Å². The molecule has 2 aromatic rings. The van der Waals surface area contributed by atoms with E-state index < -0.39 is 0 Å². The van der Waals surface area contributed by atoms with Crippen LogP contribution in [0.4, 0.5) is 4.39 Å². The fourth-order valence-corrected chi connectivity index (χ4v) is 2.24. The molecule has 1 aromatic carbocycles. The molecule has 0 fully saturated rings. The molecular formula is C15H20FNO. The molecule has 0 aliphatic heterocycles. The topological polar surface area (TPSA) is 14.2 Å². The van der Waals surface area contributed by atoms with Crippen molar-refractivity contribution in [2.45, 2.75) is 46.4 Å². The van der Waals surface area contributed by atoms with Crippen molar-refractivity contribution in [3.8, 4) is 0 Å². The van der Waals surface area contributed by atoms with E-state index in [0.717, 1.165) is 11.2 Å². The molecule has 1 heterocycles. The van der Waals surface area contributed by atoms with Crippen LogP contribution in [-0.4, -0.2) is 10.7 Å². The number of fused-ring (bicyclic) bond motifs is 1. The van der Waals surface area contributed by atoms with E-state index in [4.69, 9.17) is 4.74 Å². The molecule has 0 spiro atoms. The van der Waals surface area contributed by atoms with E-state index in [1.165, 1.54) is 6.07 Å². The van der Waals surface area contributed by atoms with Gasteiger partial charge in [0.15, 0.2) is 0 Å². The Hall–Kier alpha value is -1.35. The average Bonchev–Trinajstić information content (AvgIpc) is 2.66. The molecule has 1 aromatic heterocycles. The first-order chi connectivity index (χ1) is 8.50. The van der Waals surface area contributed by atoms with E-state index in [0.29, 0.717) is 12.0 Å². The predicted molar refractivity (Wildman–Crippen MR) is 72.2 cm³/mol. The van der Waals surface area contributed by atoms with E-state index in [1.54, 1.807) is 6.07 Å². The normalized spacial score (nSPS) is 11.9. The van der Waals surface area contributed by atoms with Crippen molar-refractivity contribution in [3.05, 3.63) is 35.8 Å². The van der Waals surface area contributed by atoms with Crippen molar-refractivity contribution in [1.29, 1.82) is 0 Å². The fourth-order valence-electron chi connectivity index (χ4n) is 2.24. The van der Waals surface area contributed by atoms with Crippen LogP contribution in [0.1, 0.15) is 39.4 Å². The highest BCUT2D eigenvalue weighted by Crippen LogP contribution is 2.26. The van der Waals surface area contributed by atoms with Gasteiger partial charge in [-0.05, 0) is 45.9 Å². The van der Waals surface area contributed by atoms with E-state index >= 15 is 0 Å². The fraction of sp³-hybridized carbons (Fsp3) is 0.467. The van der Waals surface area contributed by atoms with E-state index in [2.05, 4.69) is 18.4 Å². The predicted octanol–water partition coefficient (Wildman–Crippen LogP) is 4.29. The maximum absolute atomic E-state index is 13.8. The van der Waals surface area contributed by atoms with Gasteiger partial charge in [0.05, 0.1) is 18.2 Å². The molecule has 0 radical (unpaired) electrons. The highest BCUT2D eigenvalue weighted by molar-refractivity contribution is 5.82. The van der Waals surface area contributed by atoms with Crippen molar-refractivity contribution in [2.75, 3.05) is 0 Å². The molecule has 0 unspecified atom stereocenters. The number of halogens is 1. The molecule has 0 aliphatic carbocycles. The molecule has 0 atom stereocenters. The molecule has 2 nitrogen and oxygen atoms in total. The van der Waals surface area contributed by atoms with Crippen molar-refractivity contribution < 1.29 is 9.13 Å². The Bertz CT molecular complexity index is 543. The summed E-state index contributed by atoms with van der Waals surface area (Å²) in [5.41, 5.74) is 1.96. The van der Waals surface area contributed by atoms with Crippen LogP contribution in [0.25, 0.3) is 10.9 Å². The van der Waals surface area contributed by atoms with Gasteiger partial charge in [0, 0.05) is 17.1 Å². The smallest absolute Gasteiger partial charge is 0.132 e. The molecule has 0 saturated carbocycles. The van der Waals surface area contributed by atoms with Gasteiger partial charge in [-0.25, -0.2) is 4.39 Å². The number of benzene rings is 1. The molecule has 0 aliphatic rings.